The van der Waals surface area contributed by atoms with Crippen LogP contribution in [0.1, 0.15) is 24.8 Å². The third kappa shape index (κ3) is 2.69. The zero-order valence-corrected chi connectivity index (χ0v) is 10.6. The van der Waals surface area contributed by atoms with E-state index in [0.29, 0.717) is 0 Å². The van der Waals surface area contributed by atoms with Crippen molar-refractivity contribution in [2.75, 3.05) is 25.0 Å². The summed E-state index contributed by atoms with van der Waals surface area (Å²) in [6.45, 7) is 3.24. The number of halogens is 1. The lowest BCUT2D eigenvalue weighted by Gasteiger charge is -2.30. The van der Waals surface area contributed by atoms with Crippen molar-refractivity contribution in [1.29, 1.82) is 0 Å². The number of anilines is 1. The molecule has 1 fully saturated rings. The van der Waals surface area contributed by atoms with Crippen molar-refractivity contribution in [2.24, 2.45) is 0 Å². The zero-order valence-electron chi connectivity index (χ0n) is 9.80. The fraction of sp³-hybridized carbons (Fsp3) is 0.538. The molecule has 0 atom stereocenters. The van der Waals surface area contributed by atoms with Crippen LogP contribution in [0.15, 0.2) is 18.2 Å². The maximum absolute atomic E-state index is 6.05. The monoisotopic (exact) mass is 238 g/mol. The Balaban J connectivity index is 2.23. The summed E-state index contributed by atoms with van der Waals surface area (Å²) in [5.41, 5.74) is 2.65. The Hall–Kier alpha value is -0.730. The summed E-state index contributed by atoms with van der Waals surface area (Å²) >= 11 is 6.05. The molecule has 0 radical (unpaired) electrons. The van der Waals surface area contributed by atoms with Crippen LogP contribution < -0.4 is 10.2 Å². The third-order valence-electron chi connectivity index (χ3n) is 3.11. The first-order valence-electron chi connectivity index (χ1n) is 5.99. The van der Waals surface area contributed by atoms with Crippen LogP contribution in [0.25, 0.3) is 0 Å². The lowest BCUT2D eigenvalue weighted by Crippen LogP contribution is -2.30. The van der Waals surface area contributed by atoms with Crippen LogP contribution in [-0.2, 0) is 6.54 Å². The number of benzene rings is 1. The highest BCUT2D eigenvalue weighted by atomic mass is 35.5. The molecule has 0 aromatic heterocycles. The minimum Gasteiger partial charge on any atom is -0.371 e. The van der Waals surface area contributed by atoms with Gasteiger partial charge in [-0.1, -0.05) is 11.6 Å². The van der Waals surface area contributed by atoms with Gasteiger partial charge in [-0.25, -0.2) is 0 Å². The Kier molecular flexibility index (Phi) is 4.08. The molecule has 1 aliphatic rings. The molecular formula is C13H19ClN2. The number of nitrogens with one attached hydrogen (secondary N) is 1. The molecule has 1 aromatic rings. The van der Waals surface area contributed by atoms with Crippen LogP contribution in [0, 0.1) is 0 Å². The van der Waals surface area contributed by atoms with Crippen molar-refractivity contribution in [1.82, 2.24) is 5.32 Å². The molecule has 1 aliphatic heterocycles. The number of hydrogen-bond acceptors (Lipinski definition) is 2. The molecular weight excluding hydrogens is 220 g/mol. The maximum Gasteiger partial charge on any atom is 0.0412 e. The average molecular weight is 239 g/mol. The predicted molar refractivity (Wildman–Crippen MR) is 70.3 cm³/mol. The van der Waals surface area contributed by atoms with Gasteiger partial charge in [0.15, 0.2) is 0 Å². The van der Waals surface area contributed by atoms with Crippen molar-refractivity contribution < 1.29 is 0 Å². The van der Waals surface area contributed by atoms with Gasteiger partial charge in [0.1, 0.15) is 0 Å². The van der Waals surface area contributed by atoms with Crippen molar-refractivity contribution >= 4 is 17.3 Å². The molecule has 1 saturated heterocycles. The summed E-state index contributed by atoms with van der Waals surface area (Å²) < 4.78 is 0. The molecule has 1 heterocycles. The molecule has 1 N–H and O–H groups in total. The fourth-order valence-electron chi connectivity index (χ4n) is 2.33. The molecule has 1 aromatic carbocycles. The van der Waals surface area contributed by atoms with Crippen LogP contribution in [0.5, 0.6) is 0 Å². The van der Waals surface area contributed by atoms with Crippen LogP contribution in [-0.4, -0.2) is 20.1 Å². The van der Waals surface area contributed by atoms with E-state index in [0.717, 1.165) is 11.6 Å². The van der Waals surface area contributed by atoms with E-state index in [2.05, 4.69) is 22.3 Å². The van der Waals surface area contributed by atoms with Gasteiger partial charge in [0.05, 0.1) is 0 Å². The molecule has 0 spiro atoms. The molecule has 2 rings (SSSR count). The van der Waals surface area contributed by atoms with Crippen LogP contribution in [0.3, 0.4) is 0 Å². The van der Waals surface area contributed by atoms with Gasteiger partial charge in [-0.15, -0.1) is 0 Å². The second-order valence-electron chi connectivity index (χ2n) is 4.35. The Labute approximate surface area is 103 Å². The molecule has 2 nitrogen and oxygen atoms in total. The summed E-state index contributed by atoms with van der Waals surface area (Å²) in [4.78, 5) is 2.48. The van der Waals surface area contributed by atoms with Gasteiger partial charge in [-0.2, -0.15) is 0 Å². The quantitative estimate of drug-likeness (QED) is 0.871. The van der Waals surface area contributed by atoms with Crippen molar-refractivity contribution in [3.05, 3.63) is 28.8 Å². The SMILES string of the molecule is CNCc1cc(Cl)ccc1N1CCCCC1. The highest BCUT2D eigenvalue weighted by molar-refractivity contribution is 6.30. The van der Waals surface area contributed by atoms with Crippen LogP contribution >= 0.6 is 11.6 Å². The van der Waals surface area contributed by atoms with Gasteiger partial charge in [-0.3, -0.25) is 0 Å². The molecule has 0 amide bonds. The van der Waals surface area contributed by atoms with Gasteiger partial charge >= 0.3 is 0 Å². The average Bonchev–Trinajstić information content (AvgIpc) is 2.31. The highest BCUT2D eigenvalue weighted by Gasteiger charge is 2.14. The minimum absolute atomic E-state index is 0.825. The van der Waals surface area contributed by atoms with Gasteiger partial charge in [0, 0.05) is 30.3 Å². The first-order valence-corrected chi connectivity index (χ1v) is 6.37. The smallest absolute Gasteiger partial charge is 0.0412 e. The van der Waals surface area contributed by atoms with Crippen LogP contribution in [0.2, 0.25) is 5.02 Å². The Morgan fingerprint density at radius 3 is 2.69 bits per heavy atom. The topological polar surface area (TPSA) is 15.3 Å². The summed E-state index contributed by atoms with van der Waals surface area (Å²) in [6.07, 6.45) is 3.98. The maximum atomic E-state index is 6.05. The number of piperidine rings is 1. The Morgan fingerprint density at radius 2 is 2.00 bits per heavy atom. The van der Waals surface area contributed by atoms with E-state index in [1.807, 2.05) is 13.1 Å². The van der Waals surface area contributed by atoms with Crippen LogP contribution in [0.4, 0.5) is 5.69 Å². The minimum atomic E-state index is 0.825. The Bertz CT molecular complexity index is 346. The molecule has 0 unspecified atom stereocenters. The van der Waals surface area contributed by atoms with E-state index in [9.17, 15) is 0 Å². The van der Waals surface area contributed by atoms with E-state index in [4.69, 9.17) is 11.6 Å². The van der Waals surface area contributed by atoms with E-state index >= 15 is 0 Å². The lowest BCUT2D eigenvalue weighted by molar-refractivity contribution is 0.575. The largest absolute Gasteiger partial charge is 0.371 e. The summed E-state index contributed by atoms with van der Waals surface area (Å²) in [7, 11) is 1.97. The summed E-state index contributed by atoms with van der Waals surface area (Å²) in [5, 5.41) is 4.03. The van der Waals surface area contributed by atoms with E-state index in [1.165, 1.54) is 43.6 Å². The first kappa shape index (κ1) is 11.7. The number of rotatable bonds is 3. The van der Waals surface area contributed by atoms with Gasteiger partial charge in [-0.05, 0) is 50.1 Å². The second-order valence-corrected chi connectivity index (χ2v) is 4.79. The molecule has 3 heteroatoms. The van der Waals surface area contributed by atoms with E-state index in [-0.39, 0.29) is 0 Å². The normalized spacial score (nSPS) is 16.5. The number of hydrogen-bond donors (Lipinski definition) is 1. The van der Waals surface area contributed by atoms with E-state index < -0.39 is 0 Å². The third-order valence-corrected chi connectivity index (χ3v) is 3.34. The fourth-order valence-corrected chi connectivity index (χ4v) is 2.52. The van der Waals surface area contributed by atoms with Crippen molar-refractivity contribution in [2.45, 2.75) is 25.8 Å². The van der Waals surface area contributed by atoms with Gasteiger partial charge in [0.2, 0.25) is 0 Å². The highest BCUT2D eigenvalue weighted by Crippen LogP contribution is 2.26. The van der Waals surface area contributed by atoms with Crippen molar-refractivity contribution in [3.8, 4) is 0 Å². The molecule has 0 bridgehead atoms. The van der Waals surface area contributed by atoms with Gasteiger partial charge < -0.3 is 10.2 Å². The molecule has 88 valence electrons. The zero-order chi connectivity index (χ0) is 11.4. The second kappa shape index (κ2) is 5.55. The lowest BCUT2D eigenvalue weighted by atomic mass is 10.1. The summed E-state index contributed by atoms with van der Waals surface area (Å²) in [5.74, 6) is 0. The Morgan fingerprint density at radius 1 is 1.25 bits per heavy atom. The van der Waals surface area contributed by atoms with Gasteiger partial charge in [0.25, 0.3) is 0 Å². The summed E-state index contributed by atoms with van der Waals surface area (Å²) in [6, 6.07) is 6.22. The predicted octanol–water partition coefficient (Wildman–Crippen LogP) is 3.05. The first-order chi connectivity index (χ1) is 7.81. The standard InChI is InChI=1S/C13H19ClN2/c1-15-10-11-9-12(14)5-6-13(11)16-7-3-2-4-8-16/h5-6,9,15H,2-4,7-8,10H2,1H3. The number of nitrogens with zero attached hydrogens (tertiary/aromatic N) is 1. The molecule has 0 saturated carbocycles. The molecule has 16 heavy (non-hydrogen) atoms. The molecule has 0 aliphatic carbocycles. The van der Waals surface area contributed by atoms with E-state index in [1.54, 1.807) is 0 Å². The van der Waals surface area contributed by atoms with Crippen molar-refractivity contribution in [3.63, 3.8) is 0 Å².